The Morgan fingerprint density at radius 2 is 1.95 bits per heavy atom. The molecule has 108 valence electrons. The van der Waals surface area contributed by atoms with Gasteiger partial charge in [-0.15, -0.1) is 0 Å². The number of hydrogen-bond donors (Lipinski definition) is 2. The summed E-state index contributed by atoms with van der Waals surface area (Å²) < 4.78 is 14.1. The summed E-state index contributed by atoms with van der Waals surface area (Å²) in [4.78, 5) is 12.5. The summed E-state index contributed by atoms with van der Waals surface area (Å²) >= 11 is 0. The van der Waals surface area contributed by atoms with Crippen molar-refractivity contribution in [1.82, 2.24) is 4.90 Å². The second-order valence-corrected chi connectivity index (χ2v) is 5.78. The van der Waals surface area contributed by atoms with Crippen molar-refractivity contribution in [3.05, 3.63) is 35.6 Å². The zero-order valence-corrected chi connectivity index (χ0v) is 11.3. The molecule has 1 aromatic rings. The van der Waals surface area contributed by atoms with Crippen LogP contribution in [0.3, 0.4) is 0 Å². The van der Waals surface area contributed by atoms with Gasteiger partial charge in [-0.05, 0) is 36.3 Å². The molecule has 0 spiro atoms. The van der Waals surface area contributed by atoms with E-state index in [1.165, 1.54) is 11.0 Å². The van der Waals surface area contributed by atoms with Crippen molar-refractivity contribution in [2.75, 3.05) is 19.6 Å². The number of nitrogens with two attached hydrogens (primary N) is 1. The molecular formula is C15H19FN2O2. The van der Waals surface area contributed by atoms with Crippen LogP contribution in [0.4, 0.5) is 9.18 Å². The number of likely N-dealkylation sites (tertiary alicyclic amines) is 1. The Balaban J connectivity index is 1.85. The predicted molar refractivity (Wildman–Crippen MR) is 72.9 cm³/mol. The number of amides is 1. The number of halogens is 1. The van der Waals surface area contributed by atoms with Gasteiger partial charge in [0.1, 0.15) is 5.82 Å². The van der Waals surface area contributed by atoms with Gasteiger partial charge in [-0.3, -0.25) is 0 Å². The lowest BCUT2D eigenvalue weighted by Gasteiger charge is -2.23. The first kappa shape index (κ1) is 13.4. The van der Waals surface area contributed by atoms with Crippen LogP contribution in [0.25, 0.3) is 0 Å². The Labute approximate surface area is 117 Å². The number of fused-ring (bicyclic) bond motifs is 1. The first-order valence-corrected chi connectivity index (χ1v) is 7.04. The van der Waals surface area contributed by atoms with E-state index in [4.69, 9.17) is 10.8 Å². The van der Waals surface area contributed by atoms with Gasteiger partial charge in [-0.1, -0.05) is 18.2 Å². The second-order valence-electron chi connectivity index (χ2n) is 5.78. The molecule has 1 saturated carbocycles. The Bertz CT molecular complexity index is 520. The quantitative estimate of drug-likeness (QED) is 0.870. The third-order valence-electron chi connectivity index (χ3n) is 5.10. The molecule has 1 aliphatic heterocycles. The van der Waals surface area contributed by atoms with Crippen LogP contribution in [0, 0.1) is 17.7 Å². The maximum atomic E-state index is 14.1. The van der Waals surface area contributed by atoms with Crippen LogP contribution in [-0.2, 0) is 5.41 Å². The molecule has 1 unspecified atom stereocenters. The molecule has 1 aromatic carbocycles. The smallest absolute Gasteiger partial charge is 0.407 e. The highest BCUT2D eigenvalue weighted by molar-refractivity contribution is 5.65. The molecule has 3 N–H and O–H groups in total. The van der Waals surface area contributed by atoms with Crippen LogP contribution in [0.15, 0.2) is 24.3 Å². The maximum absolute atomic E-state index is 14.1. The summed E-state index contributed by atoms with van der Waals surface area (Å²) in [6, 6.07) is 6.84. The van der Waals surface area contributed by atoms with Crippen molar-refractivity contribution in [2.45, 2.75) is 18.3 Å². The SMILES string of the molecule is NCC1(c2ccccc2F)[C@@H]2CCN(C(=O)O)CC[C@@H]21. The minimum atomic E-state index is -0.865. The van der Waals surface area contributed by atoms with Crippen LogP contribution < -0.4 is 5.73 Å². The molecule has 3 atom stereocenters. The Morgan fingerprint density at radius 1 is 1.35 bits per heavy atom. The molecule has 0 bridgehead atoms. The molecule has 4 nitrogen and oxygen atoms in total. The molecule has 1 heterocycles. The summed E-state index contributed by atoms with van der Waals surface area (Å²) in [5.74, 6) is 0.406. The highest BCUT2D eigenvalue weighted by Crippen LogP contribution is 2.63. The molecule has 2 fully saturated rings. The summed E-state index contributed by atoms with van der Waals surface area (Å²) in [5, 5.41) is 9.05. The minimum absolute atomic E-state index is 0.193. The summed E-state index contributed by atoms with van der Waals surface area (Å²) in [6.07, 6.45) is 0.667. The van der Waals surface area contributed by atoms with Crippen molar-refractivity contribution in [2.24, 2.45) is 17.6 Å². The molecule has 5 heteroatoms. The fourth-order valence-electron chi connectivity index (χ4n) is 4.07. The number of carbonyl (C=O) groups is 1. The topological polar surface area (TPSA) is 66.6 Å². The summed E-state index contributed by atoms with van der Waals surface area (Å²) in [6.45, 7) is 1.47. The van der Waals surface area contributed by atoms with Crippen LogP contribution in [0.2, 0.25) is 0 Å². The van der Waals surface area contributed by atoms with Gasteiger partial charge in [0.15, 0.2) is 0 Å². The van der Waals surface area contributed by atoms with E-state index >= 15 is 0 Å². The van der Waals surface area contributed by atoms with Gasteiger partial charge in [0.05, 0.1) is 0 Å². The number of benzene rings is 1. The largest absolute Gasteiger partial charge is 0.465 e. The molecule has 20 heavy (non-hydrogen) atoms. The monoisotopic (exact) mass is 278 g/mol. The normalized spacial score (nSPS) is 32.4. The lowest BCUT2D eigenvalue weighted by molar-refractivity contribution is 0.144. The van der Waals surface area contributed by atoms with Crippen molar-refractivity contribution < 1.29 is 14.3 Å². The standard InChI is InChI=1S/C15H19FN2O2/c16-13-4-2-1-3-12(13)15(9-17)10-5-7-18(14(19)20)8-6-11(10)15/h1-4,10-11H,5-9,17H2,(H,19,20)/t10-,11+,15?. The van der Waals surface area contributed by atoms with Crippen molar-refractivity contribution in [1.29, 1.82) is 0 Å². The highest BCUT2D eigenvalue weighted by atomic mass is 19.1. The van der Waals surface area contributed by atoms with Crippen LogP contribution in [-0.4, -0.2) is 35.7 Å². The maximum Gasteiger partial charge on any atom is 0.407 e. The highest BCUT2D eigenvalue weighted by Gasteiger charge is 2.64. The van der Waals surface area contributed by atoms with Gasteiger partial charge in [0.25, 0.3) is 0 Å². The van der Waals surface area contributed by atoms with Gasteiger partial charge in [0, 0.05) is 25.0 Å². The van der Waals surface area contributed by atoms with E-state index in [1.807, 2.05) is 12.1 Å². The van der Waals surface area contributed by atoms with E-state index in [-0.39, 0.29) is 11.2 Å². The molecule has 0 radical (unpaired) electrons. The Morgan fingerprint density at radius 3 is 2.45 bits per heavy atom. The molecule has 1 aliphatic carbocycles. The average molecular weight is 278 g/mol. The van der Waals surface area contributed by atoms with E-state index in [0.29, 0.717) is 37.0 Å². The third-order valence-corrected chi connectivity index (χ3v) is 5.10. The Kier molecular flexibility index (Phi) is 3.17. The molecule has 1 amide bonds. The zero-order valence-electron chi connectivity index (χ0n) is 11.3. The first-order chi connectivity index (χ1) is 9.61. The second kappa shape index (κ2) is 4.74. The van der Waals surface area contributed by atoms with Crippen molar-refractivity contribution in [3.8, 4) is 0 Å². The van der Waals surface area contributed by atoms with E-state index in [0.717, 1.165) is 12.8 Å². The number of nitrogens with zero attached hydrogens (tertiary/aromatic N) is 1. The summed E-state index contributed by atoms with van der Waals surface area (Å²) in [7, 11) is 0. The van der Waals surface area contributed by atoms with Crippen molar-refractivity contribution >= 4 is 6.09 Å². The minimum Gasteiger partial charge on any atom is -0.465 e. The van der Waals surface area contributed by atoms with Gasteiger partial charge < -0.3 is 15.7 Å². The number of hydrogen-bond acceptors (Lipinski definition) is 2. The van der Waals surface area contributed by atoms with Crippen LogP contribution in [0.1, 0.15) is 18.4 Å². The lowest BCUT2D eigenvalue weighted by atomic mass is 9.89. The fourth-order valence-corrected chi connectivity index (χ4v) is 4.07. The van der Waals surface area contributed by atoms with E-state index in [9.17, 15) is 9.18 Å². The fraction of sp³-hybridized carbons (Fsp3) is 0.533. The van der Waals surface area contributed by atoms with Gasteiger partial charge >= 0.3 is 6.09 Å². The number of carboxylic acid groups (broad SMARTS) is 1. The number of rotatable bonds is 2. The molecule has 1 saturated heterocycles. The van der Waals surface area contributed by atoms with Gasteiger partial charge in [-0.2, -0.15) is 0 Å². The molecule has 3 rings (SSSR count). The lowest BCUT2D eigenvalue weighted by Crippen LogP contribution is -2.34. The predicted octanol–water partition coefficient (Wildman–Crippen LogP) is 2.04. The first-order valence-electron chi connectivity index (χ1n) is 7.04. The van der Waals surface area contributed by atoms with Crippen LogP contribution >= 0.6 is 0 Å². The summed E-state index contributed by atoms with van der Waals surface area (Å²) in [5.41, 5.74) is 6.41. The van der Waals surface area contributed by atoms with Crippen molar-refractivity contribution in [3.63, 3.8) is 0 Å². The average Bonchev–Trinajstić information content (AvgIpc) is 3.10. The van der Waals surface area contributed by atoms with Gasteiger partial charge in [0.2, 0.25) is 0 Å². The third kappa shape index (κ3) is 1.80. The van der Waals surface area contributed by atoms with E-state index in [2.05, 4.69) is 0 Å². The Hall–Kier alpha value is -1.62. The van der Waals surface area contributed by atoms with Gasteiger partial charge in [-0.25, -0.2) is 9.18 Å². The van der Waals surface area contributed by atoms with Crippen LogP contribution in [0.5, 0.6) is 0 Å². The zero-order chi connectivity index (χ0) is 14.3. The van der Waals surface area contributed by atoms with E-state index in [1.54, 1.807) is 6.07 Å². The van der Waals surface area contributed by atoms with E-state index < -0.39 is 6.09 Å². The molecular weight excluding hydrogens is 259 g/mol. The molecule has 2 aliphatic rings. The molecule has 0 aromatic heterocycles.